The van der Waals surface area contributed by atoms with E-state index >= 15 is 0 Å². The number of halogens is 1. The Labute approximate surface area is 206 Å². The zero-order valence-corrected chi connectivity index (χ0v) is 21.0. The van der Waals surface area contributed by atoms with Crippen LogP contribution in [0.3, 0.4) is 0 Å². The highest BCUT2D eigenvalue weighted by Gasteiger charge is 2.43. The van der Waals surface area contributed by atoms with Gasteiger partial charge in [-0.25, -0.2) is 0 Å². The first-order chi connectivity index (χ1) is 15.8. The summed E-state index contributed by atoms with van der Waals surface area (Å²) in [4.78, 5) is 27.5. The summed E-state index contributed by atoms with van der Waals surface area (Å²) in [6.07, 6.45) is 4.59. The van der Waals surface area contributed by atoms with Crippen molar-refractivity contribution >= 4 is 60.4 Å². The van der Waals surface area contributed by atoms with Gasteiger partial charge in [-0.05, 0) is 49.2 Å². The number of nitrogens with zero attached hydrogens (tertiary/aromatic N) is 2. The molecule has 174 valence electrons. The number of rotatable bonds is 6. The summed E-state index contributed by atoms with van der Waals surface area (Å²) < 4.78 is 30.8. The fourth-order valence-corrected chi connectivity index (χ4v) is 6.68. The number of nitrogens with one attached hydrogen (secondary N) is 1. The number of hydrogen-bond acceptors (Lipinski definition) is 5. The number of anilines is 1. The van der Waals surface area contributed by atoms with Crippen LogP contribution in [-0.2, 0) is 19.6 Å². The van der Waals surface area contributed by atoms with Gasteiger partial charge >= 0.3 is 0 Å². The SMILES string of the molecule is O=C(C[C@@H]1SC(=NS(=O)(=O)c2ccc(Br)cc2)N(C2CCCCC2)C1=O)Nc1ccccc1. The highest BCUT2D eigenvalue weighted by molar-refractivity contribution is 9.10. The van der Waals surface area contributed by atoms with Crippen LogP contribution in [0.4, 0.5) is 5.69 Å². The molecule has 2 fully saturated rings. The number of para-hydroxylation sites is 1. The second-order valence-corrected chi connectivity index (χ2v) is 11.7. The molecular formula is C23H24BrN3O4S2. The van der Waals surface area contributed by atoms with E-state index in [1.54, 1.807) is 24.3 Å². The molecular weight excluding hydrogens is 526 g/mol. The quantitative estimate of drug-likeness (QED) is 0.558. The van der Waals surface area contributed by atoms with Gasteiger partial charge < -0.3 is 5.32 Å². The molecule has 1 saturated carbocycles. The van der Waals surface area contributed by atoms with E-state index in [9.17, 15) is 18.0 Å². The zero-order valence-electron chi connectivity index (χ0n) is 17.8. The minimum Gasteiger partial charge on any atom is -0.326 e. The van der Waals surface area contributed by atoms with E-state index in [2.05, 4.69) is 25.6 Å². The first-order valence-electron chi connectivity index (χ1n) is 10.8. The summed E-state index contributed by atoms with van der Waals surface area (Å²) in [6, 6.07) is 15.1. The number of thioether (sulfide) groups is 1. The van der Waals surface area contributed by atoms with Gasteiger partial charge in [0.05, 0.1) is 4.90 Å². The van der Waals surface area contributed by atoms with Crippen LogP contribution >= 0.6 is 27.7 Å². The van der Waals surface area contributed by atoms with Gasteiger partial charge in [0, 0.05) is 22.6 Å². The minimum absolute atomic E-state index is 0.0557. The number of benzene rings is 2. The van der Waals surface area contributed by atoms with Crippen LogP contribution in [0, 0.1) is 0 Å². The lowest BCUT2D eigenvalue weighted by atomic mass is 9.94. The molecule has 1 aliphatic carbocycles. The van der Waals surface area contributed by atoms with Crippen molar-refractivity contribution in [2.24, 2.45) is 4.40 Å². The molecule has 1 heterocycles. The normalized spacial score (nSPS) is 20.9. The van der Waals surface area contributed by atoms with E-state index in [0.717, 1.165) is 48.3 Å². The average Bonchev–Trinajstić information content (AvgIpc) is 3.09. The third-order valence-electron chi connectivity index (χ3n) is 5.64. The molecule has 1 saturated heterocycles. The Balaban J connectivity index is 1.58. The molecule has 1 atom stereocenters. The smallest absolute Gasteiger partial charge is 0.284 e. The number of amidine groups is 1. The lowest BCUT2D eigenvalue weighted by molar-refractivity contribution is -0.130. The summed E-state index contributed by atoms with van der Waals surface area (Å²) in [6.45, 7) is 0. The Bertz CT molecular complexity index is 1150. The number of carbonyl (C=O) groups excluding carboxylic acids is 2. The fraction of sp³-hybridized carbons (Fsp3) is 0.348. The molecule has 0 bridgehead atoms. The van der Waals surface area contributed by atoms with Crippen molar-refractivity contribution in [1.82, 2.24) is 4.90 Å². The summed E-state index contributed by atoms with van der Waals surface area (Å²) in [5.41, 5.74) is 0.647. The van der Waals surface area contributed by atoms with E-state index in [0.29, 0.717) is 5.69 Å². The Morgan fingerprint density at radius 2 is 1.73 bits per heavy atom. The summed E-state index contributed by atoms with van der Waals surface area (Å²) in [7, 11) is -4.00. The molecule has 2 amide bonds. The number of sulfonamides is 1. The van der Waals surface area contributed by atoms with Gasteiger partial charge in [-0.2, -0.15) is 8.42 Å². The predicted molar refractivity (Wildman–Crippen MR) is 134 cm³/mol. The third kappa shape index (κ3) is 5.85. The molecule has 1 aliphatic heterocycles. The highest BCUT2D eigenvalue weighted by atomic mass is 79.9. The molecule has 1 N–H and O–H groups in total. The van der Waals surface area contributed by atoms with Gasteiger partial charge in [-0.15, -0.1) is 4.40 Å². The van der Waals surface area contributed by atoms with Gasteiger partial charge in [0.15, 0.2) is 5.17 Å². The number of carbonyl (C=O) groups is 2. The standard InChI is InChI=1S/C23H24BrN3O4S2/c24-16-11-13-19(14-12-16)33(30,31)26-23-27(18-9-5-2-6-10-18)22(29)20(32-23)15-21(28)25-17-7-3-1-4-8-17/h1,3-4,7-8,11-14,18,20H,2,5-6,9-10,15H2,(H,25,28)/t20-/m0/s1. The van der Waals surface area contributed by atoms with Gasteiger partial charge in [-0.3, -0.25) is 14.5 Å². The lowest BCUT2D eigenvalue weighted by Gasteiger charge is -2.30. The molecule has 2 aliphatic rings. The first kappa shape index (κ1) is 24.0. The molecule has 2 aromatic rings. The average molecular weight is 551 g/mol. The van der Waals surface area contributed by atoms with Crippen molar-refractivity contribution < 1.29 is 18.0 Å². The van der Waals surface area contributed by atoms with Gasteiger partial charge in [-0.1, -0.05) is 65.2 Å². The molecule has 2 aromatic carbocycles. The first-order valence-corrected chi connectivity index (χ1v) is 13.9. The third-order valence-corrected chi connectivity index (χ3v) is 8.72. The van der Waals surface area contributed by atoms with Crippen molar-refractivity contribution in [3.63, 3.8) is 0 Å². The van der Waals surface area contributed by atoms with Crippen LogP contribution in [0.25, 0.3) is 0 Å². The Kier molecular flexibility index (Phi) is 7.55. The van der Waals surface area contributed by atoms with Crippen molar-refractivity contribution in [2.45, 2.75) is 54.7 Å². The fourth-order valence-electron chi connectivity index (χ4n) is 4.02. The molecule has 10 heteroatoms. The van der Waals surface area contributed by atoms with Crippen molar-refractivity contribution in [2.75, 3.05) is 5.32 Å². The second kappa shape index (κ2) is 10.4. The van der Waals surface area contributed by atoms with Crippen LogP contribution in [0.1, 0.15) is 38.5 Å². The lowest BCUT2D eigenvalue weighted by Crippen LogP contribution is -2.42. The van der Waals surface area contributed by atoms with Crippen LogP contribution in [0.2, 0.25) is 0 Å². The second-order valence-electron chi connectivity index (χ2n) is 8.03. The summed E-state index contributed by atoms with van der Waals surface area (Å²) >= 11 is 4.36. The van der Waals surface area contributed by atoms with Crippen molar-refractivity contribution in [3.05, 3.63) is 59.1 Å². The van der Waals surface area contributed by atoms with Crippen LogP contribution in [0.5, 0.6) is 0 Å². The molecule has 0 radical (unpaired) electrons. The highest BCUT2D eigenvalue weighted by Crippen LogP contribution is 2.36. The Hall–Kier alpha value is -2.17. The van der Waals surface area contributed by atoms with Gasteiger partial charge in [0.25, 0.3) is 10.0 Å². The molecule has 0 spiro atoms. The predicted octanol–water partition coefficient (Wildman–Crippen LogP) is 4.80. The van der Waals surface area contributed by atoms with Gasteiger partial charge in [0.2, 0.25) is 11.8 Å². The summed E-state index contributed by atoms with van der Waals surface area (Å²) in [5, 5.41) is 2.24. The maximum absolute atomic E-state index is 13.3. The van der Waals surface area contributed by atoms with Crippen LogP contribution in [0.15, 0.2) is 68.4 Å². The van der Waals surface area contributed by atoms with Crippen molar-refractivity contribution in [3.8, 4) is 0 Å². The number of amides is 2. The molecule has 33 heavy (non-hydrogen) atoms. The van der Waals surface area contributed by atoms with E-state index in [4.69, 9.17) is 0 Å². The van der Waals surface area contributed by atoms with E-state index in [1.165, 1.54) is 17.0 Å². The monoisotopic (exact) mass is 549 g/mol. The Morgan fingerprint density at radius 3 is 2.39 bits per heavy atom. The van der Waals surface area contributed by atoms with E-state index in [1.807, 2.05) is 18.2 Å². The molecule has 4 rings (SSSR count). The minimum atomic E-state index is -4.00. The Morgan fingerprint density at radius 1 is 1.06 bits per heavy atom. The molecule has 7 nitrogen and oxygen atoms in total. The van der Waals surface area contributed by atoms with E-state index < -0.39 is 15.3 Å². The zero-order chi connectivity index (χ0) is 23.4. The van der Waals surface area contributed by atoms with E-state index in [-0.39, 0.29) is 34.3 Å². The van der Waals surface area contributed by atoms with Gasteiger partial charge in [0.1, 0.15) is 5.25 Å². The molecule has 0 unspecified atom stereocenters. The topological polar surface area (TPSA) is 95.9 Å². The number of hydrogen-bond donors (Lipinski definition) is 1. The van der Waals surface area contributed by atoms with Crippen molar-refractivity contribution in [1.29, 1.82) is 0 Å². The largest absolute Gasteiger partial charge is 0.326 e. The maximum Gasteiger partial charge on any atom is 0.284 e. The van der Waals surface area contributed by atoms with Crippen LogP contribution in [-0.4, -0.2) is 41.6 Å². The maximum atomic E-state index is 13.3. The summed E-state index contributed by atoms with van der Waals surface area (Å²) in [5.74, 6) is -0.549. The van der Waals surface area contributed by atoms with Crippen LogP contribution < -0.4 is 5.32 Å². The molecule has 0 aromatic heterocycles.